The number of allylic oxidation sites excluding steroid dienone is 1. The highest BCUT2D eigenvalue weighted by atomic mass is 16.2. The number of nitrogens with zero attached hydrogens (tertiary/aromatic N) is 1. The van der Waals surface area contributed by atoms with E-state index in [0.29, 0.717) is 0 Å². The molecule has 2 aliphatic rings. The number of carbonyl (C=O) groups excluding carboxylic acids is 1. The Morgan fingerprint density at radius 3 is 2.88 bits per heavy atom. The minimum Gasteiger partial charge on any atom is -0.330 e. The van der Waals surface area contributed by atoms with Crippen molar-refractivity contribution in [2.45, 2.75) is 39.5 Å². The molecule has 0 aromatic carbocycles. The Labute approximate surface area is 104 Å². The highest BCUT2D eigenvalue weighted by molar-refractivity contribution is 5.85. The normalized spacial score (nSPS) is 30.3. The van der Waals surface area contributed by atoms with Crippen molar-refractivity contribution in [1.29, 1.82) is 0 Å². The molecular weight excluding hydrogens is 212 g/mol. The van der Waals surface area contributed by atoms with Crippen molar-refractivity contribution in [1.82, 2.24) is 10.2 Å². The van der Waals surface area contributed by atoms with Crippen LogP contribution in [-0.4, -0.2) is 30.4 Å². The maximum atomic E-state index is 12.1. The molecule has 1 N–H and O–H groups in total. The number of piperidine rings is 1. The van der Waals surface area contributed by atoms with Crippen LogP contribution in [0.5, 0.6) is 0 Å². The molecule has 0 saturated carbocycles. The predicted octanol–water partition coefficient (Wildman–Crippen LogP) is 2.15. The molecule has 0 aliphatic carbocycles. The van der Waals surface area contributed by atoms with E-state index in [1.165, 1.54) is 6.42 Å². The predicted molar refractivity (Wildman–Crippen MR) is 69.5 cm³/mol. The highest BCUT2D eigenvalue weighted by Crippen LogP contribution is 2.39. The Kier molecular flexibility index (Phi) is 3.57. The van der Waals surface area contributed by atoms with Crippen molar-refractivity contribution in [3.63, 3.8) is 0 Å². The number of hydrogen-bond donors (Lipinski definition) is 1. The van der Waals surface area contributed by atoms with Crippen LogP contribution in [0, 0.1) is 11.3 Å². The van der Waals surface area contributed by atoms with Gasteiger partial charge in [0.05, 0.1) is 5.41 Å². The number of likely N-dealkylation sites (tertiary alicyclic amines) is 1. The number of hydrogen-bond acceptors (Lipinski definition) is 2. The van der Waals surface area contributed by atoms with Crippen LogP contribution in [0.3, 0.4) is 0 Å². The van der Waals surface area contributed by atoms with Gasteiger partial charge in [-0.25, -0.2) is 0 Å². The minimum absolute atomic E-state index is 0.113. The molecule has 0 aromatic heterocycles. The van der Waals surface area contributed by atoms with Crippen LogP contribution in [0.15, 0.2) is 12.3 Å². The van der Waals surface area contributed by atoms with Gasteiger partial charge in [-0.15, -0.1) is 0 Å². The highest BCUT2D eigenvalue weighted by Gasteiger charge is 2.45. The van der Waals surface area contributed by atoms with Crippen LogP contribution < -0.4 is 5.32 Å². The topological polar surface area (TPSA) is 32.3 Å². The van der Waals surface area contributed by atoms with Crippen molar-refractivity contribution in [2.75, 3.05) is 19.6 Å². The number of amides is 1. The van der Waals surface area contributed by atoms with E-state index in [1.54, 1.807) is 0 Å². The number of rotatable bonds is 3. The lowest BCUT2D eigenvalue weighted by molar-refractivity contribution is -0.131. The first-order chi connectivity index (χ1) is 8.02. The third kappa shape index (κ3) is 2.71. The number of carbonyl (C=O) groups is 1. The smallest absolute Gasteiger partial charge is 0.231 e. The van der Waals surface area contributed by atoms with Crippen molar-refractivity contribution >= 4 is 5.91 Å². The quantitative estimate of drug-likeness (QED) is 0.814. The molecule has 1 atom stereocenters. The first-order valence-electron chi connectivity index (χ1n) is 6.73. The van der Waals surface area contributed by atoms with E-state index in [4.69, 9.17) is 0 Å². The molecule has 17 heavy (non-hydrogen) atoms. The first-order valence-corrected chi connectivity index (χ1v) is 6.73. The monoisotopic (exact) mass is 236 g/mol. The summed E-state index contributed by atoms with van der Waals surface area (Å²) in [6, 6.07) is 0. The van der Waals surface area contributed by atoms with Gasteiger partial charge in [0.1, 0.15) is 0 Å². The average molecular weight is 236 g/mol. The molecule has 1 amide bonds. The third-order valence-corrected chi connectivity index (χ3v) is 4.13. The van der Waals surface area contributed by atoms with Gasteiger partial charge < -0.3 is 10.2 Å². The molecule has 96 valence electrons. The Morgan fingerprint density at radius 1 is 1.47 bits per heavy atom. The molecule has 2 fully saturated rings. The summed E-state index contributed by atoms with van der Waals surface area (Å²) >= 11 is 0. The summed E-state index contributed by atoms with van der Waals surface area (Å²) in [6.07, 6.45) is 4.17. The zero-order valence-electron chi connectivity index (χ0n) is 11.1. The molecule has 2 aliphatic heterocycles. The van der Waals surface area contributed by atoms with Gasteiger partial charge in [-0.3, -0.25) is 4.79 Å². The fourth-order valence-corrected chi connectivity index (χ4v) is 2.84. The van der Waals surface area contributed by atoms with Crippen LogP contribution >= 0.6 is 0 Å². The van der Waals surface area contributed by atoms with Gasteiger partial charge in [0.15, 0.2) is 0 Å². The SMILES string of the molecule is C=C1CCC2(CCN(CCC(C)C)C2)C(=O)N1. The van der Waals surface area contributed by atoms with Crippen LogP contribution in [0.2, 0.25) is 0 Å². The fourth-order valence-electron chi connectivity index (χ4n) is 2.84. The summed E-state index contributed by atoms with van der Waals surface area (Å²) in [5.41, 5.74) is 0.777. The van der Waals surface area contributed by atoms with E-state index >= 15 is 0 Å². The molecule has 3 heteroatoms. The van der Waals surface area contributed by atoms with Gasteiger partial charge in [0.25, 0.3) is 0 Å². The first kappa shape index (κ1) is 12.6. The summed E-state index contributed by atoms with van der Waals surface area (Å²) in [5.74, 6) is 0.951. The van der Waals surface area contributed by atoms with Crippen LogP contribution in [-0.2, 0) is 4.79 Å². The summed E-state index contributed by atoms with van der Waals surface area (Å²) in [4.78, 5) is 14.6. The Bertz CT molecular complexity index is 324. The maximum Gasteiger partial charge on any atom is 0.231 e. The summed E-state index contributed by atoms with van der Waals surface area (Å²) in [7, 11) is 0. The lowest BCUT2D eigenvalue weighted by Gasteiger charge is -2.33. The molecule has 2 saturated heterocycles. The van der Waals surface area contributed by atoms with Gasteiger partial charge in [0.2, 0.25) is 5.91 Å². The minimum atomic E-state index is -0.113. The van der Waals surface area contributed by atoms with Gasteiger partial charge in [0, 0.05) is 12.2 Å². The van der Waals surface area contributed by atoms with Gasteiger partial charge >= 0.3 is 0 Å². The Balaban J connectivity index is 1.91. The summed E-state index contributed by atoms with van der Waals surface area (Å²) in [5, 5.41) is 2.94. The molecule has 2 heterocycles. The van der Waals surface area contributed by atoms with E-state index in [0.717, 1.165) is 50.5 Å². The molecule has 0 radical (unpaired) electrons. The third-order valence-electron chi connectivity index (χ3n) is 4.13. The van der Waals surface area contributed by atoms with E-state index < -0.39 is 0 Å². The Morgan fingerprint density at radius 2 is 2.24 bits per heavy atom. The molecule has 0 aromatic rings. The lowest BCUT2D eigenvalue weighted by Crippen LogP contribution is -2.46. The second-order valence-electron chi connectivity index (χ2n) is 6.05. The van der Waals surface area contributed by atoms with Crippen LogP contribution in [0.4, 0.5) is 0 Å². The van der Waals surface area contributed by atoms with Crippen molar-refractivity contribution in [3.8, 4) is 0 Å². The second kappa shape index (κ2) is 4.81. The largest absolute Gasteiger partial charge is 0.330 e. The number of nitrogens with one attached hydrogen (secondary N) is 1. The second-order valence-corrected chi connectivity index (χ2v) is 6.05. The van der Waals surface area contributed by atoms with E-state index in [1.807, 2.05) is 0 Å². The lowest BCUT2D eigenvalue weighted by atomic mass is 9.78. The molecule has 1 unspecified atom stereocenters. The fraction of sp³-hybridized carbons (Fsp3) is 0.786. The van der Waals surface area contributed by atoms with E-state index in [9.17, 15) is 4.79 Å². The zero-order valence-corrected chi connectivity index (χ0v) is 11.1. The Hall–Kier alpha value is -0.830. The zero-order chi connectivity index (χ0) is 12.5. The van der Waals surface area contributed by atoms with E-state index in [2.05, 4.69) is 30.6 Å². The molecule has 3 nitrogen and oxygen atoms in total. The van der Waals surface area contributed by atoms with Gasteiger partial charge in [-0.1, -0.05) is 20.4 Å². The van der Waals surface area contributed by atoms with Gasteiger partial charge in [-0.2, -0.15) is 0 Å². The maximum absolute atomic E-state index is 12.1. The molecular formula is C14H24N2O. The summed E-state index contributed by atoms with van der Waals surface area (Å²) in [6.45, 7) is 11.5. The van der Waals surface area contributed by atoms with Crippen LogP contribution in [0.25, 0.3) is 0 Å². The van der Waals surface area contributed by atoms with Crippen molar-refractivity contribution in [3.05, 3.63) is 12.3 Å². The van der Waals surface area contributed by atoms with Gasteiger partial charge in [-0.05, 0) is 44.7 Å². The van der Waals surface area contributed by atoms with Crippen LogP contribution in [0.1, 0.15) is 39.5 Å². The summed E-state index contributed by atoms with van der Waals surface area (Å²) < 4.78 is 0. The standard InChI is InChI=1S/C14H24N2O/c1-11(2)5-8-16-9-7-14(10-16)6-4-12(3)15-13(14)17/h11H,3-10H2,1-2H3,(H,15,17). The van der Waals surface area contributed by atoms with Crippen molar-refractivity contribution in [2.24, 2.45) is 11.3 Å². The van der Waals surface area contributed by atoms with E-state index in [-0.39, 0.29) is 11.3 Å². The molecule has 2 rings (SSSR count). The molecule has 1 spiro atoms. The average Bonchev–Trinajstić information content (AvgIpc) is 2.67. The van der Waals surface area contributed by atoms with Crippen molar-refractivity contribution < 1.29 is 4.79 Å². The molecule has 0 bridgehead atoms.